The van der Waals surface area contributed by atoms with Crippen LogP contribution in [0.2, 0.25) is 0 Å². The van der Waals surface area contributed by atoms with Crippen molar-refractivity contribution < 1.29 is 0 Å². The molecule has 2 heteroatoms. The molecule has 0 spiro atoms. The number of unbranched alkanes of at least 4 members (excludes halogenated alkanes) is 1. The van der Waals surface area contributed by atoms with Gasteiger partial charge in [0.1, 0.15) is 0 Å². The number of hydrogen-bond donors (Lipinski definition) is 1. The minimum Gasteiger partial charge on any atom is -0.314 e. The predicted molar refractivity (Wildman–Crippen MR) is 74.3 cm³/mol. The normalized spacial score (nSPS) is 35.1. The van der Waals surface area contributed by atoms with Crippen LogP contribution in [0.1, 0.15) is 58.8 Å². The van der Waals surface area contributed by atoms with Gasteiger partial charge in [0.05, 0.1) is 0 Å². The lowest BCUT2D eigenvalue weighted by Gasteiger charge is -2.40. The summed E-state index contributed by atoms with van der Waals surface area (Å²) in [5, 5.41) is 3.75. The summed E-state index contributed by atoms with van der Waals surface area (Å²) in [7, 11) is 2.34. The Kier molecular flexibility index (Phi) is 4.87. The van der Waals surface area contributed by atoms with Crippen LogP contribution in [-0.4, -0.2) is 36.6 Å². The van der Waals surface area contributed by atoms with E-state index in [4.69, 9.17) is 0 Å². The maximum absolute atomic E-state index is 3.75. The van der Waals surface area contributed by atoms with Crippen molar-refractivity contribution in [3.8, 4) is 0 Å². The van der Waals surface area contributed by atoms with Crippen LogP contribution in [0.15, 0.2) is 0 Å². The molecule has 2 nitrogen and oxygen atoms in total. The quantitative estimate of drug-likeness (QED) is 0.765. The van der Waals surface area contributed by atoms with E-state index < -0.39 is 0 Å². The molecule has 0 aliphatic carbocycles. The second kappa shape index (κ2) is 6.19. The summed E-state index contributed by atoms with van der Waals surface area (Å²) in [5.41, 5.74) is 0. The zero-order chi connectivity index (χ0) is 12.3. The van der Waals surface area contributed by atoms with E-state index in [0.29, 0.717) is 0 Å². The van der Waals surface area contributed by atoms with Crippen LogP contribution in [0, 0.1) is 5.92 Å². The summed E-state index contributed by atoms with van der Waals surface area (Å²) in [5.74, 6) is 0.940. The standard InChI is InChI=1S/C15H30N2/c1-4-6-7-15(16-5-2)12-10-13-8-9-14(11-12)17(13)3/h12-16H,4-11H2,1-3H3. The van der Waals surface area contributed by atoms with Gasteiger partial charge in [-0.2, -0.15) is 0 Å². The number of nitrogens with zero attached hydrogens (tertiary/aromatic N) is 1. The lowest BCUT2D eigenvalue weighted by atomic mass is 9.83. The third kappa shape index (κ3) is 3.03. The molecular formula is C15H30N2. The summed E-state index contributed by atoms with van der Waals surface area (Å²) >= 11 is 0. The average Bonchev–Trinajstić information content (AvgIpc) is 2.56. The molecule has 3 unspecified atom stereocenters. The molecule has 3 atom stereocenters. The van der Waals surface area contributed by atoms with Crippen molar-refractivity contribution in [1.82, 2.24) is 10.2 Å². The summed E-state index contributed by atoms with van der Waals surface area (Å²) in [6, 6.07) is 2.57. The van der Waals surface area contributed by atoms with Crippen LogP contribution in [0.3, 0.4) is 0 Å². The number of rotatable bonds is 6. The fraction of sp³-hybridized carbons (Fsp3) is 1.00. The molecule has 1 N–H and O–H groups in total. The van der Waals surface area contributed by atoms with Crippen molar-refractivity contribution in [2.75, 3.05) is 13.6 Å². The van der Waals surface area contributed by atoms with E-state index in [9.17, 15) is 0 Å². The average molecular weight is 238 g/mol. The zero-order valence-corrected chi connectivity index (χ0v) is 11.9. The molecule has 17 heavy (non-hydrogen) atoms. The maximum atomic E-state index is 3.75. The predicted octanol–water partition coefficient (Wildman–Crippen LogP) is 3.03. The lowest BCUT2D eigenvalue weighted by Crippen LogP contribution is -2.47. The molecule has 0 saturated carbocycles. The van der Waals surface area contributed by atoms with Crippen molar-refractivity contribution in [3.63, 3.8) is 0 Å². The third-order valence-electron chi connectivity index (χ3n) is 5.04. The first-order valence-electron chi connectivity index (χ1n) is 7.71. The van der Waals surface area contributed by atoms with Gasteiger partial charge in [0.25, 0.3) is 0 Å². The molecule has 2 bridgehead atoms. The first kappa shape index (κ1) is 13.4. The summed E-state index contributed by atoms with van der Waals surface area (Å²) in [6.45, 7) is 5.69. The van der Waals surface area contributed by atoms with Gasteiger partial charge in [0.2, 0.25) is 0 Å². The second-order valence-corrected chi connectivity index (χ2v) is 6.09. The van der Waals surface area contributed by atoms with Crippen molar-refractivity contribution in [3.05, 3.63) is 0 Å². The number of fused-ring (bicyclic) bond motifs is 2. The minimum absolute atomic E-state index is 0.789. The first-order chi connectivity index (χ1) is 8.26. The van der Waals surface area contributed by atoms with Gasteiger partial charge < -0.3 is 10.2 Å². The van der Waals surface area contributed by atoms with E-state index in [2.05, 4.69) is 31.1 Å². The molecular weight excluding hydrogens is 208 g/mol. The molecule has 0 aromatic carbocycles. The SMILES string of the molecule is CCCCC(NCC)C1CC2CCC(C1)N2C. The van der Waals surface area contributed by atoms with Crippen molar-refractivity contribution in [1.29, 1.82) is 0 Å². The second-order valence-electron chi connectivity index (χ2n) is 6.09. The maximum Gasteiger partial charge on any atom is 0.00989 e. The van der Waals surface area contributed by atoms with Gasteiger partial charge in [-0.25, -0.2) is 0 Å². The molecule has 0 aromatic heterocycles. The molecule has 0 amide bonds. The van der Waals surface area contributed by atoms with E-state index in [1.807, 2.05) is 0 Å². The van der Waals surface area contributed by atoms with E-state index in [0.717, 1.165) is 30.6 Å². The van der Waals surface area contributed by atoms with Gasteiger partial charge in [0, 0.05) is 18.1 Å². The molecule has 0 radical (unpaired) electrons. The summed E-state index contributed by atoms with van der Waals surface area (Å²) in [4.78, 5) is 2.65. The van der Waals surface area contributed by atoms with Crippen LogP contribution in [0.25, 0.3) is 0 Å². The van der Waals surface area contributed by atoms with E-state index >= 15 is 0 Å². The van der Waals surface area contributed by atoms with Gasteiger partial charge in [-0.3, -0.25) is 0 Å². The Labute approximate surface area is 107 Å². The number of piperidine rings is 1. The Morgan fingerprint density at radius 3 is 2.35 bits per heavy atom. The van der Waals surface area contributed by atoms with Crippen molar-refractivity contribution >= 4 is 0 Å². The van der Waals surface area contributed by atoms with E-state index in [1.165, 1.54) is 44.9 Å². The fourth-order valence-electron chi connectivity index (χ4n) is 3.97. The van der Waals surface area contributed by atoms with Crippen molar-refractivity contribution in [2.24, 2.45) is 5.92 Å². The molecule has 2 rings (SSSR count). The number of hydrogen-bond acceptors (Lipinski definition) is 2. The molecule has 2 fully saturated rings. The minimum atomic E-state index is 0.789. The van der Waals surface area contributed by atoms with Gasteiger partial charge in [-0.05, 0) is 51.6 Å². The van der Waals surface area contributed by atoms with Gasteiger partial charge >= 0.3 is 0 Å². The molecule has 2 aliphatic rings. The van der Waals surface area contributed by atoms with Crippen LogP contribution in [0.5, 0.6) is 0 Å². The molecule has 2 saturated heterocycles. The highest BCUT2D eigenvalue weighted by atomic mass is 15.2. The highest BCUT2D eigenvalue weighted by molar-refractivity contribution is 4.96. The van der Waals surface area contributed by atoms with E-state index in [1.54, 1.807) is 0 Å². The summed E-state index contributed by atoms with van der Waals surface area (Å²) in [6.07, 6.45) is 9.89. The Morgan fingerprint density at radius 2 is 1.82 bits per heavy atom. The van der Waals surface area contributed by atoms with Gasteiger partial charge in [-0.1, -0.05) is 26.7 Å². The van der Waals surface area contributed by atoms with Gasteiger partial charge in [0.15, 0.2) is 0 Å². The topological polar surface area (TPSA) is 15.3 Å². The first-order valence-corrected chi connectivity index (χ1v) is 7.71. The monoisotopic (exact) mass is 238 g/mol. The molecule has 100 valence electrons. The van der Waals surface area contributed by atoms with Crippen LogP contribution < -0.4 is 5.32 Å². The smallest absolute Gasteiger partial charge is 0.00989 e. The van der Waals surface area contributed by atoms with Crippen LogP contribution >= 0.6 is 0 Å². The highest BCUT2D eigenvalue weighted by Crippen LogP contribution is 2.39. The molecule has 2 aliphatic heterocycles. The molecule has 0 aromatic rings. The summed E-state index contributed by atoms with van der Waals surface area (Å²) < 4.78 is 0. The Balaban J connectivity index is 1.91. The Hall–Kier alpha value is -0.0800. The third-order valence-corrected chi connectivity index (χ3v) is 5.04. The highest BCUT2D eigenvalue weighted by Gasteiger charge is 2.40. The Morgan fingerprint density at radius 1 is 1.18 bits per heavy atom. The lowest BCUT2D eigenvalue weighted by molar-refractivity contribution is 0.110. The fourth-order valence-corrected chi connectivity index (χ4v) is 3.97. The van der Waals surface area contributed by atoms with Crippen LogP contribution in [0.4, 0.5) is 0 Å². The largest absolute Gasteiger partial charge is 0.314 e. The molecule has 2 heterocycles. The Bertz CT molecular complexity index is 215. The van der Waals surface area contributed by atoms with Crippen LogP contribution in [-0.2, 0) is 0 Å². The van der Waals surface area contributed by atoms with E-state index in [-0.39, 0.29) is 0 Å². The van der Waals surface area contributed by atoms with Gasteiger partial charge in [-0.15, -0.1) is 0 Å². The zero-order valence-electron chi connectivity index (χ0n) is 11.9. The van der Waals surface area contributed by atoms with Crippen molar-refractivity contribution in [2.45, 2.75) is 76.9 Å². The number of nitrogens with one attached hydrogen (secondary N) is 1.